The molecule has 3 aromatic rings. The van der Waals surface area contributed by atoms with Crippen LogP contribution in [-0.2, 0) is 0 Å². The van der Waals surface area contributed by atoms with E-state index in [0.29, 0.717) is 28.7 Å². The van der Waals surface area contributed by atoms with Crippen molar-refractivity contribution in [2.45, 2.75) is 6.92 Å². The van der Waals surface area contributed by atoms with Gasteiger partial charge < -0.3 is 15.2 Å². The van der Waals surface area contributed by atoms with E-state index < -0.39 is 0 Å². The number of benzene rings is 1. The van der Waals surface area contributed by atoms with Gasteiger partial charge in [-0.05, 0) is 19.1 Å². The molecule has 0 fully saturated rings. The van der Waals surface area contributed by atoms with Crippen LogP contribution in [0.1, 0.15) is 5.82 Å². The van der Waals surface area contributed by atoms with Crippen molar-refractivity contribution < 1.29 is 9.47 Å². The molecular weight excluding hydrogens is 258 g/mol. The summed E-state index contributed by atoms with van der Waals surface area (Å²) in [6, 6.07) is 5.16. The van der Waals surface area contributed by atoms with Gasteiger partial charge in [0.15, 0.2) is 0 Å². The van der Waals surface area contributed by atoms with Crippen LogP contribution in [0.5, 0.6) is 17.4 Å². The van der Waals surface area contributed by atoms with Crippen molar-refractivity contribution >= 4 is 11.3 Å². The van der Waals surface area contributed by atoms with Gasteiger partial charge in [0.1, 0.15) is 17.3 Å². The summed E-state index contributed by atoms with van der Waals surface area (Å²) in [5.41, 5.74) is 6.89. The molecule has 102 valence electrons. The summed E-state index contributed by atoms with van der Waals surface area (Å²) >= 11 is 0. The van der Waals surface area contributed by atoms with Gasteiger partial charge in [-0.15, -0.1) is 10.2 Å². The van der Waals surface area contributed by atoms with Crippen LogP contribution < -0.4 is 15.2 Å². The Kier molecular flexibility index (Phi) is 2.86. The Morgan fingerprint density at radius 3 is 2.85 bits per heavy atom. The molecule has 0 aliphatic heterocycles. The Balaban J connectivity index is 1.99. The van der Waals surface area contributed by atoms with Crippen LogP contribution in [-0.4, -0.2) is 26.7 Å². The van der Waals surface area contributed by atoms with Crippen molar-refractivity contribution in [1.82, 2.24) is 19.6 Å². The molecule has 7 nitrogen and oxygen atoms in total. The van der Waals surface area contributed by atoms with Gasteiger partial charge in [-0.25, -0.2) is 4.98 Å². The predicted molar refractivity (Wildman–Crippen MR) is 73.0 cm³/mol. The number of ether oxygens (including phenoxy) is 2. The number of nitrogens with zero attached hydrogens (tertiary/aromatic N) is 4. The maximum absolute atomic E-state index is 5.84. The Labute approximate surface area is 115 Å². The minimum Gasteiger partial charge on any atom is -0.495 e. The Hall–Kier alpha value is -2.83. The summed E-state index contributed by atoms with van der Waals surface area (Å²) in [6.07, 6.45) is 3.41. The summed E-state index contributed by atoms with van der Waals surface area (Å²) in [4.78, 5) is 4.17. The van der Waals surface area contributed by atoms with E-state index in [1.54, 1.807) is 42.1 Å². The molecule has 0 atom stereocenters. The van der Waals surface area contributed by atoms with E-state index in [4.69, 9.17) is 15.2 Å². The Morgan fingerprint density at radius 1 is 1.25 bits per heavy atom. The van der Waals surface area contributed by atoms with Crippen LogP contribution in [0.2, 0.25) is 0 Å². The molecule has 0 spiro atoms. The first-order chi connectivity index (χ1) is 9.69. The number of nitrogen functional groups attached to an aromatic ring is 1. The average molecular weight is 271 g/mol. The van der Waals surface area contributed by atoms with Crippen LogP contribution in [0.25, 0.3) is 5.65 Å². The number of anilines is 1. The fourth-order valence-electron chi connectivity index (χ4n) is 1.88. The summed E-state index contributed by atoms with van der Waals surface area (Å²) in [5, 5.41) is 8.03. The fourth-order valence-corrected chi connectivity index (χ4v) is 1.88. The van der Waals surface area contributed by atoms with E-state index >= 15 is 0 Å². The number of fused-ring (bicyclic) bond motifs is 1. The van der Waals surface area contributed by atoms with Gasteiger partial charge in [0.05, 0.1) is 12.8 Å². The molecule has 7 heteroatoms. The standard InChI is InChI=1S/C13H13N5O2/c1-8-16-17-12-13(15-5-6-18(8)12)20-9-3-4-11(19-2)10(14)7-9/h3-7H,14H2,1-2H3. The number of hydrogen-bond acceptors (Lipinski definition) is 6. The van der Waals surface area contributed by atoms with Crippen LogP contribution in [0.3, 0.4) is 0 Å². The molecule has 2 aromatic heterocycles. The average Bonchev–Trinajstić information content (AvgIpc) is 2.82. The number of hydrogen-bond donors (Lipinski definition) is 1. The quantitative estimate of drug-likeness (QED) is 0.731. The monoisotopic (exact) mass is 271 g/mol. The molecule has 3 rings (SSSR count). The lowest BCUT2D eigenvalue weighted by molar-refractivity contribution is 0.414. The number of aromatic nitrogens is 4. The zero-order valence-electron chi connectivity index (χ0n) is 11.1. The highest BCUT2D eigenvalue weighted by Crippen LogP contribution is 2.29. The molecule has 1 aromatic carbocycles. The van der Waals surface area contributed by atoms with Crippen molar-refractivity contribution in [3.8, 4) is 17.4 Å². The fraction of sp³-hybridized carbons (Fsp3) is 0.154. The SMILES string of the molecule is COc1ccc(Oc2nccn3c(C)nnc23)cc1N. The molecule has 0 saturated heterocycles. The zero-order valence-corrected chi connectivity index (χ0v) is 11.1. The van der Waals surface area contributed by atoms with Gasteiger partial charge in [0.25, 0.3) is 5.88 Å². The van der Waals surface area contributed by atoms with Crippen molar-refractivity contribution in [3.63, 3.8) is 0 Å². The molecule has 0 unspecified atom stereocenters. The molecule has 0 amide bonds. The van der Waals surface area contributed by atoms with Gasteiger partial charge in [-0.1, -0.05) is 0 Å². The van der Waals surface area contributed by atoms with Gasteiger partial charge in [-0.3, -0.25) is 4.40 Å². The lowest BCUT2D eigenvalue weighted by atomic mass is 10.3. The molecule has 2 N–H and O–H groups in total. The maximum Gasteiger partial charge on any atom is 0.265 e. The second kappa shape index (κ2) is 4.69. The van der Waals surface area contributed by atoms with Crippen molar-refractivity contribution in [1.29, 1.82) is 0 Å². The van der Waals surface area contributed by atoms with Crippen LogP contribution in [0, 0.1) is 6.92 Å². The van der Waals surface area contributed by atoms with E-state index in [2.05, 4.69) is 15.2 Å². The van der Waals surface area contributed by atoms with E-state index in [9.17, 15) is 0 Å². The third kappa shape index (κ3) is 1.99. The van der Waals surface area contributed by atoms with E-state index in [0.717, 1.165) is 5.82 Å². The molecular formula is C13H13N5O2. The van der Waals surface area contributed by atoms with Crippen LogP contribution in [0.4, 0.5) is 5.69 Å². The number of nitrogens with two attached hydrogens (primary N) is 1. The summed E-state index contributed by atoms with van der Waals surface area (Å²) in [6.45, 7) is 1.86. The van der Waals surface area contributed by atoms with Gasteiger partial charge in [-0.2, -0.15) is 0 Å². The van der Waals surface area contributed by atoms with Crippen LogP contribution >= 0.6 is 0 Å². The molecule has 0 saturated carbocycles. The minimum atomic E-state index is 0.373. The molecule has 0 bridgehead atoms. The maximum atomic E-state index is 5.84. The smallest absolute Gasteiger partial charge is 0.265 e. The second-order valence-electron chi connectivity index (χ2n) is 4.18. The number of aryl methyl sites for hydroxylation is 1. The van der Waals surface area contributed by atoms with E-state index in [1.165, 1.54) is 0 Å². The topological polar surface area (TPSA) is 87.6 Å². The molecule has 0 aliphatic carbocycles. The summed E-state index contributed by atoms with van der Waals surface area (Å²) in [7, 11) is 1.56. The summed E-state index contributed by atoms with van der Waals surface area (Å²) < 4.78 is 12.6. The Bertz CT molecular complexity index is 769. The Morgan fingerprint density at radius 2 is 2.10 bits per heavy atom. The number of methoxy groups -OCH3 is 1. The van der Waals surface area contributed by atoms with Crippen molar-refractivity contribution in [3.05, 3.63) is 36.4 Å². The second-order valence-corrected chi connectivity index (χ2v) is 4.18. The third-order valence-corrected chi connectivity index (χ3v) is 2.88. The van der Waals surface area contributed by atoms with Crippen molar-refractivity contribution in [2.75, 3.05) is 12.8 Å². The summed E-state index contributed by atoms with van der Waals surface area (Å²) in [5.74, 6) is 2.30. The molecule has 2 heterocycles. The normalized spacial score (nSPS) is 10.7. The van der Waals surface area contributed by atoms with Gasteiger partial charge >= 0.3 is 0 Å². The first kappa shape index (κ1) is 12.2. The number of rotatable bonds is 3. The first-order valence-corrected chi connectivity index (χ1v) is 5.97. The highest BCUT2D eigenvalue weighted by Gasteiger charge is 2.10. The minimum absolute atomic E-state index is 0.373. The molecule has 20 heavy (non-hydrogen) atoms. The zero-order chi connectivity index (χ0) is 14.1. The van der Waals surface area contributed by atoms with E-state index in [-0.39, 0.29) is 0 Å². The lowest BCUT2D eigenvalue weighted by Crippen LogP contribution is -1.96. The van der Waals surface area contributed by atoms with Gasteiger partial charge in [0, 0.05) is 18.5 Å². The van der Waals surface area contributed by atoms with Gasteiger partial charge in [0.2, 0.25) is 5.65 Å². The molecule has 0 aliphatic rings. The molecule has 0 radical (unpaired) electrons. The lowest BCUT2D eigenvalue weighted by Gasteiger charge is -2.08. The first-order valence-electron chi connectivity index (χ1n) is 5.97. The van der Waals surface area contributed by atoms with Crippen LogP contribution in [0.15, 0.2) is 30.6 Å². The highest BCUT2D eigenvalue weighted by atomic mass is 16.5. The van der Waals surface area contributed by atoms with Crippen molar-refractivity contribution in [2.24, 2.45) is 0 Å². The predicted octanol–water partition coefficient (Wildman–Crippen LogP) is 1.82. The third-order valence-electron chi connectivity index (χ3n) is 2.88. The largest absolute Gasteiger partial charge is 0.495 e. The van der Waals surface area contributed by atoms with E-state index in [1.807, 2.05) is 6.92 Å². The highest BCUT2D eigenvalue weighted by molar-refractivity contribution is 5.57.